The number of aliphatic carboxylic acids is 1. The normalized spacial score (nSPS) is 16.3. The van der Waals surface area contributed by atoms with Gasteiger partial charge in [0, 0.05) is 32.5 Å². The molecule has 10 heteroatoms. The zero-order chi connectivity index (χ0) is 22.3. The van der Waals surface area contributed by atoms with Crippen molar-refractivity contribution in [2.24, 2.45) is 0 Å². The molecule has 0 saturated carbocycles. The number of benzene rings is 2. The predicted molar refractivity (Wildman–Crippen MR) is 119 cm³/mol. The molecule has 1 aliphatic heterocycles. The largest absolute Gasteiger partial charge is 0.477 e. The number of sulfonamides is 1. The first-order valence-corrected chi connectivity index (χ1v) is 11.2. The molecule has 2 aromatic carbocycles. The van der Waals surface area contributed by atoms with E-state index in [9.17, 15) is 18.3 Å². The predicted octanol–water partition coefficient (Wildman–Crippen LogP) is 4.62. The molecule has 4 N–H and O–H groups in total. The average molecular weight is 470 g/mol. The van der Waals surface area contributed by atoms with Crippen LogP contribution in [0.4, 0.5) is 11.4 Å². The molecule has 30 heavy (non-hydrogen) atoms. The Morgan fingerprint density at radius 3 is 2.33 bits per heavy atom. The highest BCUT2D eigenvalue weighted by Crippen LogP contribution is 2.39. The van der Waals surface area contributed by atoms with E-state index >= 15 is 0 Å². The van der Waals surface area contributed by atoms with E-state index in [-0.39, 0.29) is 21.2 Å². The van der Waals surface area contributed by atoms with Gasteiger partial charge in [-0.1, -0.05) is 23.2 Å². The summed E-state index contributed by atoms with van der Waals surface area (Å²) in [7, 11) is -3.97. The maximum atomic E-state index is 13.0. The molecule has 1 heterocycles. The summed E-state index contributed by atoms with van der Waals surface area (Å²) < 4.78 is 28.5. The van der Waals surface area contributed by atoms with Crippen molar-refractivity contribution >= 4 is 50.6 Å². The number of rotatable bonds is 5. The van der Waals surface area contributed by atoms with Gasteiger partial charge in [0.25, 0.3) is 0 Å². The Hall–Kier alpha value is -2.26. The van der Waals surface area contributed by atoms with Crippen molar-refractivity contribution in [3.8, 4) is 0 Å². The van der Waals surface area contributed by atoms with Gasteiger partial charge >= 0.3 is 5.97 Å². The van der Waals surface area contributed by atoms with Crippen molar-refractivity contribution in [2.45, 2.75) is 37.2 Å². The van der Waals surface area contributed by atoms with Gasteiger partial charge in [-0.25, -0.2) is 13.2 Å². The Morgan fingerprint density at radius 1 is 1.13 bits per heavy atom. The van der Waals surface area contributed by atoms with Crippen molar-refractivity contribution in [2.75, 3.05) is 10.6 Å². The fourth-order valence-electron chi connectivity index (χ4n) is 3.04. The molecule has 0 fully saturated rings. The quantitative estimate of drug-likeness (QED) is 0.508. The number of anilines is 2. The fourth-order valence-corrected chi connectivity index (χ4v) is 4.81. The SMILES string of the molecule is CC(C)(C)Nc1ccc(S(=O)(=O)NC2C=C(C(=O)O)Nc3cc(Cl)cc(Cl)c32)cc1. The summed E-state index contributed by atoms with van der Waals surface area (Å²) in [4.78, 5) is 11.5. The number of halogens is 2. The van der Waals surface area contributed by atoms with Crippen molar-refractivity contribution in [3.05, 3.63) is 63.8 Å². The van der Waals surface area contributed by atoms with Gasteiger partial charge in [0.1, 0.15) is 5.70 Å². The first-order valence-electron chi connectivity index (χ1n) is 8.97. The molecule has 3 rings (SSSR count). The Labute approximate surface area is 185 Å². The fraction of sp³-hybridized carbons (Fsp3) is 0.250. The van der Waals surface area contributed by atoms with Crippen LogP contribution < -0.4 is 15.4 Å². The van der Waals surface area contributed by atoms with Crippen molar-refractivity contribution in [1.29, 1.82) is 0 Å². The summed E-state index contributed by atoms with van der Waals surface area (Å²) >= 11 is 12.3. The van der Waals surface area contributed by atoms with E-state index < -0.39 is 22.0 Å². The minimum atomic E-state index is -3.97. The van der Waals surface area contributed by atoms with E-state index in [1.165, 1.54) is 30.3 Å². The third-order valence-electron chi connectivity index (χ3n) is 4.20. The van der Waals surface area contributed by atoms with Crippen LogP contribution in [0.1, 0.15) is 32.4 Å². The van der Waals surface area contributed by atoms with Crippen LogP contribution in [0.15, 0.2) is 53.1 Å². The minimum Gasteiger partial charge on any atom is -0.477 e. The highest BCUT2D eigenvalue weighted by Gasteiger charge is 2.30. The summed E-state index contributed by atoms with van der Waals surface area (Å²) in [6.45, 7) is 5.99. The van der Waals surface area contributed by atoms with Gasteiger partial charge in [0.2, 0.25) is 10.0 Å². The van der Waals surface area contributed by atoms with Gasteiger partial charge in [-0.05, 0) is 63.2 Å². The maximum Gasteiger partial charge on any atom is 0.352 e. The molecule has 0 radical (unpaired) electrons. The lowest BCUT2D eigenvalue weighted by atomic mass is 10.0. The molecule has 0 saturated heterocycles. The van der Waals surface area contributed by atoms with Crippen molar-refractivity contribution in [1.82, 2.24) is 4.72 Å². The number of nitrogens with one attached hydrogen (secondary N) is 3. The lowest BCUT2D eigenvalue weighted by Gasteiger charge is -2.26. The molecule has 0 aromatic heterocycles. The van der Waals surface area contributed by atoms with Crippen LogP contribution >= 0.6 is 23.2 Å². The highest BCUT2D eigenvalue weighted by molar-refractivity contribution is 7.89. The van der Waals surface area contributed by atoms with Crippen LogP contribution in [-0.4, -0.2) is 25.0 Å². The van der Waals surface area contributed by atoms with E-state index in [1.54, 1.807) is 12.1 Å². The van der Waals surface area contributed by atoms with E-state index in [1.807, 2.05) is 20.8 Å². The molecule has 0 aliphatic carbocycles. The second kappa shape index (κ2) is 8.11. The van der Waals surface area contributed by atoms with E-state index in [4.69, 9.17) is 23.2 Å². The van der Waals surface area contributed by atoms with E-state index in [2.05, 4.69) is 15.4 Å². The molecule has 1 unspecified atom stereocenters. The smallest absolute Gasteiger partial charge is 0.352 e. The van der Waals surface area contributed by atoms with Gasteiger partial charge < -0.3 is 15.7 Å². The van der Waals surface area contributed by atoms with Crippen LogP contribution in [0.25, 0.3) is 0 Å². The number of carbonyl (C=O) groups is 1. The second-order valence-corrected chi connectivity index (χ2v) is 10.4. The molecule has 1 aliphatic rings. The Kier molecular flexibility index (Phi) is 6.06. The molecular weight excluding hydrogens is 449 g/mol. The molecule has 160 valence electrons. The molecular formula is C20H21Cl2N3O4S. The number of carboxylic acids is 1. The number of carboxylic acid groups (broad SMARTS) is 1. The lowest BCUT2D eigenvalue weighted by Crippen LogP contribution is -2.32. The zero-order valence-corrected chi connectivity index (χ0v) is 18.8. The highest BCUT2D eigenvalue weighted by atomic mass is 35.5. The molecule has 7 nitrogen and oxygen atoms in total. The second-order valence-electron chi connectivity index (χ2n) is 7.86. The molecule has 0 bridgehead atoms. The Balaban J connectivity index is 1.95. The summed E-state index contributed by atoms with van der Waals surface area (Å²) in [6, 6.07) is 8.26. The standard InChI is InChI=1S/C20H21Cl2N3O4S/c1-20(2,3)24-12-4-6-13(7-5-12)30(28,29)25-16-10-17(19(26)27)23-15-9-11(21)8-14(22)18(15)16/h4-10,16,23-25H,1-3H3,(H,26,27). The van der Waals surface area contributed by atoms with Crippen molar-refractivity contribution in [3.63, 3.8) is 0 Å². The summed E-state index contributed by atoms with van der Waals surface area (Å²) in [5, 5.41) is 15.9. The van der Waals surface area contributed by atoms with Gasteiger partial charge in [-0.15, -0.1) is 0 Å². The Morgan fingerprint density at radius 2 is 1.77 bits per heavy atom. The first kappa shape index (κ1) is 22.4. The Bertz CT molecular complexity index is 1120. The van der Waals surface area contributed by atoms with Crippen LogP contribution in [0.5, 0.6) is 0 Å². The topological polar surface area (TPSA) is 108 Å². The maximum absolute atomic E-state index is 13.0. The van der Waals surface area contributed by atoms with Gasteiger partial charge in [0.05, 0.1) is 10.9 Å². The van der Waals surface area contributed by atoms with Gasteiger partial charge in [0.15, 0.2) is 0 Å². The third-order valence-corrected chi connectivity index (χ3v) is 6.19. The van der Waals surface area contributed by atoms with Gasteiger partial charge in [-0.3, -0.25) is 0 Å². The van der Waals surface area contributed by atoms with Crippen molar-refractivity contribution < 1.29 is 18.3 Å². The zero-order valence-electron chi connectivity index (χ0n) is 16.5. The number of hydrogen-bond donors (Lipinski definition) is 4. The number of hydrogen-bond acceptors (Lipinski definition) is 5. The number of fused-ring (bicyclic) bond motifs is 1. The summed E-state index contributed by atoms with van der Waals surface area (Å²) in [6.07, 6.45) is 1.26. The van der Waals surface area contributed by atoms with E-state index in [0.717, 1.165) is 5.69 Å². The summed E-state index contributed by atoms with van der Waals surface area (Å²) in [5.74, 6) is -1.24. The lowest BCUT2D eigenvalue weighted by molar-refractivity contribution is -0.132. The minimum absolute atomic E-state index is 0.0393. The van der Waals surface area contributed by atoms with Crippen LogP contribution in [0.3, 0.4) is 0 Å². The van der Waals surface area contributed by atoms with Crippen LogP contribution in [-0.2, 0) is 14.8 Å². The molecule has 1 atom stereocenters. The third kappa shape index (κ3) is 5.07. The average Bonchev–Trinajstić information content (AvgIpc) is 2.59. The van der Waals surface area contributed by atoms with E-state index in [0.29, 0.717) is 16.3 Å². The van der Waals surface area contributed by atoms with Crippen LogP contribution in [0, 0.1) is 0 Å². The monoisotopic (exact) mass is 469 g/mol. The molecule has 0 amide bonds. The van der Waals surface area contributed by atoms with Gasteiger partial charge in [-0.2, -0.15) is 4.72 Å². The first-order chi connectivity index (χ1) is 13.9. The summed E-state index contributed by atoms with van der Waals surface area (Å²) in [5.41, 5.74) is 1.14. The molecule has 0 spiro atoms. The molecule has 2 aromatic rings. The van der Waals surface area contributed by atoms with Crippen LogP contribution in [0.2, 0.25) is 10.0 Å².